The lowest BCUT2D eigenvalue weighted by atomic mass is 10.1. The first-order chi connectivity index (χ1) is 5.29. The molecule has 1 fully saturated rings. The Hall–Kier alpha value is -0.280. The Morgan fingerprint density at radius 1 is 1.64 bits per heavy atom. The number of furan rings is 1. The summed E-state index contributed by atoms with van der Waals surface area (Å²) in [7, 11) is 0. The van der Waals surface area contributed by atoms with Gasteiger partial charge in [-0.2, -0.15) is 0 Å². The Morgan fingerprint density at radius 3 is 2.82 bits per heavy atom. The Balaban J connectivity index is 2.20. The van der Waals surface area contributed by atoms with Crippen LogP contribution < -0.4 is 5.73 Å². The van der Waals surface area contributed by atoms with E-state index in [1.807, 2.05) is 6.07 Å². The molecule has 0 aliphatic heterocycles. The highest BCUT2D eigenvalue weighted by Crippen LogP contribution is 2.41. The predicted molar refractivity (Wildman–Crippen MR) is 46.1 cm³/mol. The minimum absolute atomic E-state index is 0.170. The topological polar surface area (TPSA) is 39.2 Å². The molecule has 0 aromatic carbocycles. The van der Waals surface area contributed by atoms with Crippen molar-refractivity contribution in [1.82, 2.24) is 0 Å². The minimum atomic E-state index is 0.170. The van der Waals surface area contributed by atoms with Gasteiger partial charge in [0.05, 0.1) is 6.26 Å². The van der Waals surface area contributed by atoms with E-state index in [0.29, 0.717) is 5.92 Å². The van der Waals surface area contributed by atoms with Gasteiger partial charge < -0.3 is 10.2 Å². The summed E-state index contributed by atoms with van der Waals surface area (Å²) in [4.78, 5) is 0. The maximum absolute atomic E-state index is 5.96. The van der Waals surface area contributed by atoms with Crippen molar-refractivity contribution in [2.75, 3.05) is 0 Å². The molecule has 3 heteroatoms. The number of halogens is 1. The van der Waals surface area contributed by atoms with Gasteiger partial charge in [-0.05, 0) is 40.8 Å². The van der Waals surface area contributed by atoms with Crippen molar-refractivity contribution in [2.24, 2.45) is 11.7 Å². The van der Waals surface area contributed by atoms with Crippen molar-refractivity contribution in [2.45, 2.75) is 18.9 Å². The van der Waals surface area contributed by atoms with Crippen molar-refractivity contribution in [3.05, 3.63) is 22.6 Å². The van der Waals surface area contributed by atoms with Crippen molar-refractivity contribution in [3.63, 3.8) is 0 Å². The van der Waals surface area contributed by atoms with Crippen molar-refractivity contribution >= 4 is 15.9 Å². The van der Waals surface area contributed by atoms with E-state index in [1.165, 1.54) is 12.8 Å². The fourth-order valence-corrected chi connectivity index (χ4v) is 1.76. The maximum Gasteiger partial charge on any atom is 0.173 e. The molecule has 2 N–H and O–H groups in total. The van der Waals surface area contributed by atoms with Crippen LogP contribution in [0, 0.1) is 5.92 Å². The standard InChI is InChI=1S/C8H10BrNO/c9-8-6(3-4-11-8)7(10)5-1-2-5/h3-5,7H,1-2,10H2. The molecule has 1 aliphatic rings. The van der Waals surface area contributed by atoms with Gasteiger partial charge in [0, 0.05) is 11.6 Å². The fraction of sp³-hybridized carbons (Fsp3) is 0.500. The van der Waals surface area contributed by atoms with Crippen LogP contribution in [0.2, 0.25) is 0 Å². The summed E-state index contributed by atoms with van der Waals surface area (Å²) in [6, 6.07) is 2.11. The van der Waals surface area contributed by atoms with E-state index >= 15 is 0 Å². The molecule has 2 nitrogen and oxygen atoms in total. The van der Waals surface area contributed by atoms with Gasteiger partial charge in [-0.3, -0.25) is 0 Å². The summed E-state index contributed by atoms with van der Waals surface area (Å²) in [5.41, 5.74) is 7.06. The van der Waals surface area contributed by atoms with E-state index in [2.05, 4.69) is 15.9 Å². The molecule has 1 aromatic heterocycles. The summed E-state index contributed by atoms with van der Waals surface area (Å²) in [6.07, 6.45) is 4.19. The summed E-state index contributed by atoms with van der Waals surface area (Å²) < 4.78 is 5.89. The van der Waals surface area contributed by atoms with Crippen molar-refractivity contribution in [3.8, 4) is 0 Å². The van der Waals surface area contributed by atoms with Crippen LogP contribution in [0.3, 0.4) is 0 Å². The van der Waals surface area contributed by atoms with Gasteiger partial charge >= 0.3 is 0 Å². The molecule has 1 aliphatic carbocycles. The van der Waals surface area contributed by atoms with E-state index in [4.69, 9.17) is 10.2 Å². The molecular formula is C8H10BrNO. The summed E-state index contributed by atoms with van der Waals surface area (Å²) in [6.45, 7) is 0. The Morgan fingerprint density at radius 2 is 2.36 bits per heavy atom. The Kier molecular flexibility index (Phi) is 1.77. The van der Waals surface area contributed by atoms with Crippen LogP contribution in [0.5, 0.6) is 0 Å². The van der Waals surface area contributed by atoms with Crippen molar-refractivity contribution < 1.29 is 4.42 Å². The molecule has 0 amide bonds. The first kappa shape index (κ1) is 7.37. The average molecular weight is 216 g/mol. The average Bonchev–Trinajstić information content (AvgIpc) is 2.74. The number of rotatable bonds is 2. The van der Waals surface area contributed by atoms with Crippen LogP contribution in [0.1, 0.15) is 24.4 Å². The highest BCUT2D eigenvalue weighted by molar-refractivity contribution is 9.10. The van der Waals surface area contributed by atoms with Gasteiger partial charge in [-0.15, -0.1) is 0 Å². The zero-order chi connectivity index (χ0) is 7.84. The number of nitrogens with two attached hydrogens (primary N) is 1. The third-order valence-corrected chi connectivity index (χ3v) is 2.78. The molecule has 1 unspecified atom stereocenters. The number of hydrogen-bond donors (Lipinski definition) is 1. The van der Waals surface area contributed by atoms with E-state index < -0.39 is 0 Å². The number of hydrogen-bond acceptors (Lipinski definition) is 2. The second-order valence-corrected chi connectivity index (χ2v) is 3.73. The zero-order valence-electron chi connectivity index (χ0n) is 6.09. The molecule has 1 saturated carbocycles. The van der Waals surface area contributed by atoms with Crippen LogP contribution in [-0.2, 0) is 0 Å². The van der Waals surface area contributed by atoms with Crippen LogP contribution in [0.15, 0.2) is 21.4 Å². The largest absolute Gasteiger partial charge is 0.457 e. The summed E-state index contributed by atoms with van der Waals surface area (Å²) in [5, 5.41) is 0. The second-order valence-electron chi connectivity index (χ2n) is 3.01. The third kappa shape index (κ3) is 1.35. The van der Waals surface area contributed by atoms with Crippen LogP contribution in [-0.4, -0.2) is 0 Å². The van der Waals surface area contributed by atoms with E-state index in [1.54, 1.807) is 6.26 Å². The van der Waals surface area contributed by atoms with Gasteiger partial charge in [0.1, 0.15) is 0 Å². The second kappa shape index (κ2) is 2.64. The van der Waals surface area contributed by atoms with E-state index in [0.717, 1.165) is 10.2 Å². The third-order valence-electron chi connectivity index (χ3n) is 2.14. The molecular weight excluding hydrogens is 206 g/mol. The first-order valence-electron chi connectivity index (χ1n) is 3.77. The molecule has 2 rings (SSSR count). The minimum Gasteiger partial charge on any atom is -0.457 e. The molecule has 1 atom stereocenters. The van der Waals surface area contributed by atoms with Gasteiger partial charge in [-0.1, -0.05) is 0 Å². The molecule has 11 heavy (non-hydrogen) atoms. The van der Waals surface area contributed by atoms with E-state index in [9.17, 15) is 0 Å². The molecule has 0 spiro atoms. The molecule has 60 valence electrons. The van der Waals surface area contributed by atoms with Crippen LogP contribution in [0.25, 0.3) is 0 Å². The monoisotopic (exact) mass is 215 g/mol. The van der Waals surface area contributed by atoms with Crippen LogP contribution in [0.4, 0.5) is 0 Å². The van der Waals surface area contributed by atoms with E-state index in [-0.39, 0.29) is 6.04 Å². The normalized spacial score (nSPS) is 20.2. The molecule has 0 bridgehead atoms. The van der Waals surface area contributed by atoms with Gasteiger partial charge in [0.15, 0.2) is 4.67 Å². The van der Waals surface area contributed by atoms with Crippen LogP contribution >= 0.6 is 15.9 Å². The fourth-order valence-electron chi connectivity index (χ4n) is 1.25. The van der Waals surface area contributed by atoms with Gasteiger partial charge in [0.25, 0.3) is 0 Å². The van der Waals surface area contributed by atoms with Crippen molar-refractivity contribution in [1.29, 1.82) is 0 Å². The molecule has 0 radical (unpaired) electrons. The summed E-state index contributed by atoms with van der Waals surface area (Å²) in [5.74, 6) is 0.684. The predicted octanol–water partition coefficient (Wildman–Crippen LogP) is 2.45. The van der Waals surface area contributed by atoms with Gasteiger partial charge in [0.2, 0.25) is 0 Å². The van der Waals surface area contributed by atoms with Gasteiger partial charge in [-0.25, -0.2) is 0 Å². The Labute approximate surface area is 73.9 Å². The highest BCUT2D eigenvalue weighted by atomic mass is 79.9. The SMILES string of the molecule is NC(c1ccoc1Br)C1CC1. The summed E-state index contributed by atoms with van der Waals surface area (Å²) >= 11 is 3.32. The molecule has 0 saturated heterocycles. The zero-order valence-corrected chi connectivity index (χ0v) is 7.67. The Bertz CT molecular complexity index is 254. The maximum atomic E-state index is 5.96. The lowest BCUT2D eigenvalue weighted by molar-refractivity contribution is 0.524. The molecule has 1 heterocycles. The molecule has 1 aromatic rings. The lowest BCUT2D eigenvalue weighted by Gasteiger charge is -2.06. The quantitative estimate of drug-likeness (QED) is 0.824. The smallest absolute Gasteiger partial charge is 0.173 e. The first-order valence-corrected chi connectivity index (χ1v) is 4.57. The lowest BCUT2D eigenvalue weighted by Crippen LogP contribution is -2.11. The highest BCUT2D eigenvalue weighted by Gasteiger charge is 2.31.